The first-order valence-corrected chi connectivity index (χ1v) is 12.2. The van der Waals surface area contributed by atoms with E-state index in [1.807, 2.05) is 17.0 Å². The summed E-state index contributed by atoms with van der Waals surface area (Å²) in [5.74, 6) is -0.514. The van der Waals surface area contributed by atoms with Crippen molar-refractivity contribution in [2.24, 2.45) is 0 Å². The molecule has 1 aliphatic heterocycles. The fourth-order valence-electron chi connectivity index (χ4n) is 3.32. The molecule has 0 spiro atoms. The molecule has 9 heteroatoms. The highest BCUT2D eigenvalue weighted by molar-refractivity contribution is 7.96. The van der Waals surface area contributed by atoms with Gasteiger partial charge in [0.15, 0.2) is 19.7 Å². The molecule has 0 unspecified atom stereocenters. The molecule has 0 N–H and O–H groups in total. The Morgan fingerprint density at radius 3 is 2.37 bits per heavy atom. The van der Waals surface area contributed by atoms with E-state index in [4.69, 9.17) is 11.6 Å². The first-order chi connectivity index (χ1) is 12.7. The second-order valence-corrected chi connectivity index (χ2v) is 11.5. The van der Waals surface area contributed by atoms with Crippen molar-refractivity contribution in [1.82, 2.24) is 9.88 Å². The van der Waals surface area contributed by atoms with Crippen LogP contribution in [-0.2, 0) is 26.1 Å². The predicted octanol–water partition coefficient (Wildman–Crippen LogP) is 1.85. The largest absolute Gasteiger partial charge is 0.301 e. The first-order valence-electron chi connectivity index (χ1n) is 8.48. The molecule has 0 saturated carbocycles. The van der Waals surface area contributed by atoms with Crippen molar-refractivity contribution in [3.05, 3.63) is 59.4 Å². The molecule has 1 aromatic heterocycles. The van der Waals surface area contributed by atoms with Gasteiger partial charge < -0.3 is 4.90 Å². The van der Waals surface area contributed by atoms with Gasteiger partial charge in [0.1, 0.15) is 0 Å². The second kappa shape index (κ2) is 7.87. The van der Waals surface area contributed by atoms with Crippen molar-refractivity contribution in [2.45, 2.75) is 22.6 Å². The van der Waals surface area contributed by atoms with E-state index in [0.29, 0.717) is 18.0 Å². The Bertz CT molecular complexity index is 993. The van der Waals surface area contributed by atoms with Gasteiger partial charge >= 0.3 is 0 Å². The highest BCUT2D eigenvalue weighted by atomic mass is 35.5. The second-order valence-electron chi connectivity index (χ2n) is 6.77. The van der Waals surface area contributed by atoms with Crippen LogP contribution in [0.3, 0.4) is 0 Å². The minimum absolute atomic E-state index is 0.0986. The molecular formula is C18H21ClN2O4S2. The fraction of sp³-hybridized carbons (Fsp3) is 0.389. The van der Waals surface area contributed by atoms with Crippen molar-refractivity contribution in [3.8, 4) is 0 Å². The number of benzene rings is 1. The lowest BCUT2D eigenvalue weighted by Gasteiger charge is -2.28. The van der Waals surface area contributed by atoms with Crippen LogP contribution in [0.5, 0.6) is 0 Å². The van der Waals surface area contributed by atoms with Crippen LogP contribution >= 0.6 is 11.6 Å². The summed E-state index contributed by atoms with van der Waals surface area (Å²) in [7, 11) is -5.45. The van der Waals surface area contributed by atoms with Crippen LogP contribution in [0.2, 0.25) is 5.02 Å². The van der Waals surface area contributed by atoms with E-state index >= 15 is 0 Å². The maximum atomic E-state index is 13.1. The van der Waals surface area contributed by atoms with Gasteiger partial charge in [-0.2, -0.15) is 0 Å². The minimum atomic E-state index is -3.79. The lowest BCUT2D eigenvalue weighted by molar-refractivity contribution is 0.266. The monoisotopic (exact) mass is 428 g/mol. The summed E-state index contributed by atoms with van der Waals surface area (Å²) >= 11 is 5.84. The summed E-state index contributed by atoms with van der Waals surface area (Å²) in [6.07, 6.45) is 4.08. The fourth-order valence-corrected chi connectivity index (χ4v) is 8.36. The average molecular weight is 429 g/mol. The molecule has 1 aliphatic rings. The van der Waals surface area contributed by atoms with Crippen molar-refractivity contribution >= 4 is 31.3 Å². The van der Waals surface area contributed by atoms with E-state index in [1.165, 1.54) is 24.3 Å². The smallest absolute Gasteiger partial charge is 0.183 e. The first kappa shape index (κ1) is 20.3. The summed E-state index contributed by atoms with van der Waals surface area (Å²) in [6, 6.07) is 9.05. The van der Waals surface area contributed by atoms with Gasteiger partial charge in [-0.05, 0) is 55.4 Å². The molecule has 2 heterocycles. The summed E-state index contributed by atoms with van der Waals surface area (Å²) in [5, 5.41) is -0.565. The number of aromatic nitrogens is 1. The maximum absolute atomic E-state index is 13.1. The maximum Gasteiger partial charge on any atom is 0.183 e. The van der Waals surface area contributed by atoms with Gasteiger partial charge in [0.2, 0.25) is 0 Å². The zero-order valence-electron chi connectivity index (χ0n) is 14.8. The van der Waals surface area contributed by atoms with E-state index in [-0.39, 0.29) is 16.4 Å². The van der Waals surface area contributed by atoms with Crippen LogP contribution in [0.4, 0.5) is 0 Å². The quantitative estimate of drug-likeness (QED) is 0.698. The molecule has 3 rings (SSSR count). The van der Waals surface area contributed by atoms with Crippen LogP contribution < -0.4 is 0 Å². The third-order valence-electron chi connectivity index (χ3n) is 4.88. The van der Waals surface area contributed by atoms with Gasteiger partial charge in [0.05, 0.1) is 21.7 Å². The summed E-state index contributed by atoms with van der Waals surface area (Å²) in [5.41, 5.74) is 1.06. The number of sulfone groups is 2. The lowest BCUT2D eigenvalue weighted by Crippen LogP contribution is -2.45. The number of halogens is 1. The Balaban J connectivity index is 1.83. The van der Waals surface area contributed by atoms with Crippen molar-refractivity contribution in [1.29, 1.82) is 0 Å². The molecule has 2 atom stereocenters. The number of rotatable bonds is 6. The average Bonchev–Trinajstić information content (AvgIpc) is 2.97. The van der Waals surface area contributed by atoms with E-state index in [9.17, 15) is 16.8 Å². The molecule has 146 valence electrons. The molecule has 6 nitrogen and oxygen atoms in total. The lowest BCUT2D eigenvalue weighted by atomic mass is 10.1. The van der Waals surface area contributed by atoms with Crippen LogP contribution in [0.1, 0.15) is 5.56 Å². The standard InChI is InChI=1S/C18H21ClN2O4S2/c1-21(11-8-14-6-9-20-10-7-14)17-12-26(22,23)13-18(17)27(24,25)16-4-2-15(19)3-5-16/h2-7,9-10,17-18H,8,11-13H2,1H3/t17-,18-/m0/s1. The number of likely N-dealkylation sites (N-methyl/N-ethyl adjacent to an activating group) is 1. The van der Waals surface area contributed by atoms with Gasteiger partial charge in [0.25, 0.3) is 0 Å². The minimum Gasteiger partial charge on any atom is -0.301 e. The Morgan fingerprint density at radius 2 is 1.74 bits per heavy atom. The van der Waals surface area contributed by atoms with Crippen LogP contribution in [0, 0.1) is 0 Å². The van der Waals surface area contributed by atoms with Crippen molar-refractivity contribution in [2.75, 3.05) is 25.1 Å². The van der Waals surface area contributed by atoms with Crippen molar-refractivity contribution in [3.63, 3.8) is 0 Å². The molecule has 0 amide bonds. The Kier molecular flexibility index (Phi) is 5.90. The van der Waals surface area contributed by atoms with Crippen LogP contribution in [0.15, 0.2) is 53.7 Å². The Morgan fingerprint density at radius 1 is 1.11 bits per heavy atom. The zero-order valence-corrected chi connectivity index (χ0v) is 17.2. The van der Waals surface area contributed by atoms with Gasteiger partial charge in [-0.25, -0.2) is 16.8 Å². The van der Waals surface area contributed by atoms with E-state index in [2.05, 4.69) is 4.98 Å². The molecule has 27 heavy (non-hydrogen) atoms. The van der Waals surface area contributed by atoms with Crippen molar-refractivity contribution < 1.29 is 16.8 Å². The molecule has 1 saturated heterocycles. The van der Waals surface area contributed by atoms with E-state index in [0.717, 1.165) is 5.56 Å². The summed E-state index contributed by atoms with van der Waals surface area (Å²) < 4.78 is 50.6. The predicted molar refractivity (Wildman–Crippen MR) is 105 cm³/mol. The van der Waals surface area contributed by atoms with E-state index in [1.54, 1.807) is 19.4 Å². The van der Waals surface area contributed by atoms with Crippen LogP contribution in [-0.4, -0.2) is 63.1 Å². The number of hydrogen-bond donors (Lipinski definition) is 0. The Labute approximate surface area is 165 Å². The molecular weight excluding hydrogens is 408 g/mol. The molecule has 0 aliphatic carbocycles. The summed E-state index contributed by atoms with van der Waals surface area (Å²) in [6.45, 7) is 0.552. The van der Waals surface area contributed by atoms with Crippen LogP contribution in [0.25, 0.3) is 0 Å². The molecule has 2 aromatic rings. The number of nitrogens with zero attached hydrogens (tertiary/aromatic N) is 2. The molecule has 1 fully saturated rings. The summed E-state index contributed by atoms with van der Waals surface area (Å²) in [4.78, 5) is 5.91. The molecule has 0 bridgehead atoms. The van der Waals surface area contributed by atoms with E-state index < -0.39 is 31.0 Å². The molecule has 1 aromatic carbocycles. The normalized spacial score (nSPS) is 22.2. The number of pyridine rings is 1. The zero-order chi connectivity index (χ0) is 19.7. The highest BCUT2D eigenvalue weighted by Crippen LogP contribution is 2.29. The highest BCUT2D eigenvalue weighted by Gasteiger charge is 2.47. The number of hydrogen-bond acceptors (Lipinski definition) is 6. The van der Waals surface area contributed by atoms with Gasteiger partial charge in [0, 0.05) is 30.0 Å². The third-order valence-corrected chi connectivity index (χ3v) is 9.27. The van der Waals surface area contributed by atoms with Gasteiger partial charge in [-0.15, -0.1) is 0 Å². The van der Waals surface area contributed by atoms with Gasteiger partial charge in [-0.1, -0.05) is 11.6 Å². The SMILES string of the molecule is CN(CCc1ccncc1)[C@H]1CS(=O)(=O)C[C@@H]1S(=O)(=O)c1ccc(Cl)cc1. The van der Waals surface area contributed by atoms with Gasteiger partial charge in [-0.3, -0.25) is 4.98 Å². The topological polar surface area (TPSA) is 84.4 Å². The Hall–Kier alpha value is -1.48. The molecule has 0 radical (unpaired) electrons. The third kappa shape index (κ3) is 4.68.